The summed E-state index contributed by atoms with van der Waals surface area (Å²) in [5.41, 5.74) is 7.70. The van der Waals surface area contributed by atoms with Gasteiger partial charge in [-0.15, -0.1) is 0 Å². The highest BCUT2D eigenvalue weighted by Gasteiger charge is 2.10. The third-order valence-electron chi connectivity index (χ3n) is 2.87. The van der Waals surface area contributed by atoms with E-state index < -0.39 is 0 Å². The number of imidazole rings is 1. The summed E-state index contributed by atoms with van der Waals surface area (Å²) in [7, 11) is 2.02. The van der Waals surface area contributed by atoms with Gasteiger partial charge < -0.3 is 10.3 Å². The Kier molecular flexibility index (Phi) is 3.17. The van der Waals surface area contributed by atoms with E-state index in [0.717, 1.165) is 28.3 Å². The van der Waals surface area contributed by atoms with Crippen LogP contribution in [0.25, 0.3) is 11.0 Å². The lowest BCUT2D eigenvalue weighted by Gasteiger charge is -2.07. The van der Waals surface area contributed by atoms with Gasteiger partial charge in [-0.25, -0.2) is 4.98 Å². The van der Waals surface area contributed by atoms with Crippen LogP contribution >= 0.6 is 11.6 Å². The van der Waals surface area contributed by atoms with Gasteiger partial charge in [-0.1, -0.05) is 18.5 Å². The Morgan fingerprint density at radius 1 is 1.50 bits per heavy atom. The number of aromatic nitrogens is 2. The molecule has 0 aliphatic carbocycles. The van der Waals surface area contributed by atoms with E-state index in [0.29, 0.717) is 12.5 Å². The van der Waals surface area contributed by atoms with Gasteiger partial charge in [0.2, 0.25) is 0 Å². The van der Waals surface area contributed by atoms with Crippen molar-refractivity contribution >= 4 is 22.6 Å². The number of fused-ring (bicyclic) bond motifs is 1. The lowest BCUT2D eigenvalue weighted by molar-refractivity contribution is 0.563. The maximum Gasteiger partial charge on any atom is 0.109 e. The van der Waals surface area contributed by atoms with Crippen LogP contribution in [-0.2, 0) is 13.5 Å². The van der Waals surface area contributed by atoms with Gasteiger partial charge >= 0.3 is 0 Å². The van der Waals surface area contributed by atoms with Crippen molar-refractivity contribution in [1.82, 2.24) is 9.55 Å². The summed E-state index contributed by atoms with van der Waals surface area (Å²) in [4.78, 5) is 4.59. The zero-order valence-electron chi connectivity index (χ0n) is 9.57. The van der Waals surface area contributed by atoms with Gasteiger partial charge in [-0.3, -0.25) is 0 Å². The maximum atomic E-state index is 5.97. The van der Waals surface area contributed by atoms with Crippen LogP contribution in [0.2, 0.25) is 5.02 Å². The molecule has 4 heteroatoms. The number of halogens is 1. The molecule has 0 saturated heterocycles. The van der Waals surface area contributed by atoms with Crippen LogP contribution in [-0.4, -0.2) is 16.1 Å². The fraction of sp³-hybridized carbons (Fsp3) is 0.417. The molecule has 3 nitrogen and oxygen atoms in total. The van der Waals surface area contributed by atoms with Crippen molar-refractivity contribution in [2.24, 2.45) is 18.7 Å². The van der Waals surface area contributed by atoms with E-state index in [1.807, 2.05) is 25.2 Å². The minimum absolute atomic E-state index is 0.450. The molecule has 1 aromatic heterocycles. The van der Waals surface area contributed by atoms with Gasteiger partial charge in [0.15, 0.2) is 0 Å². The second kappa shape index (κ2) is 4.44. The zero-order valence-corrected chi connectivity index (χ0v) is 10.3. The highest BCUT2D eigenvalue weighted by molar-refractivity contribution is 6.31. The van der Waals surface area contributed by atoms with Crippen molar-refractivity contribution < 1.29 is 0 Å². The van der Waals surface area contributed by atoms with Crippen LogP contribution in [0.5, 0.6) is 0 Å². The molecule has 1 heterocycles. The minimum atomic E-state index is 0.450. The van der Waals surface area contributed by atoms with Gasteiger partial charge in [0.05, 0.1) is 11.0 Å². The Balaban J connectivity index is 2.44. The average molecular weight is 238 g/mol. The van der Waals surface area contributed by atoms with E-state index >= 15 is 0 Å². The van der Waals surface area contributed by atoms with E-state index in [4.69, 9.17) is 17.3 Å². The van der Waals surface area contributed by atoms with Crippen molar-refractivity contribution in [2.75, 3.05) is 6.54 Å². The normalized spacial score (nSPS) is 13.2. The second-order valence-corrected chi connectivity index (χ2v) is 4.70. The van der Waals surface area contributed by atoms with Crippen molar-refractivity contribution in [3.63, 3.8) is 0 Å². The van der Waals surface area contributed by atoms with Gasteiger partial charge in [0.1, 0.15) is 5.82 Å². The summed E-state index contributed by atoms with van der Waals surface area (Å²) in [6, 6.07) is 5.77. The number of hydrogen-bond donors (Lipinski definition) is 1. The van der Waals surface area contributed by atoms with Crippen molar-refractivity contribution in [3.8, 4) is 0 Å². The average Bonchev–Trinajstić information content (AvgIpc) is 2.56. The third kappa shape index (κ3) is 2.06. The Labute approximate surface area is 100 Å². The molecule has 2 rings (SSSR count). The van der Waals surface area contributed by atoms with Crippen LogP contribution < -0.4 is 5.73 Å². The maximum absolute atomic E-state index is 5.97. The first-order chi connectivity index (χ1) is 7.61. The fourth-order valence-corrected chi connectivity index (χ4v) is 1.96. The van der Waals surface area contributed by atoms with Gasteiger partial charge in [-0.05, 0) is 30.7 Å². The minimum Gasteiger partial charge on any atom is -0.331 e. The molecule has 0 amide bonds. The molecule has 0 radical (unpaired) electrons. The van der Waals surface area contributed by atoms with Gasteiger partial charge in [0, 0.05) is 18.5 Å². The van der Waals surface area contributed by atoms with E-state index in [9.17, 15) is 0 Å². The van der Waals surface area contributed by atoms with Crippen molar-refractivity contribution in [3.05, 3.63) is 29.0 Å². The standard InChI is InChI=1S/C12H16ClN3/c1-8(7-14)5-12-15-10-4-3-9(13)6-11(10)16(12)2/h3-4,6,8H,5,7,14H2,1-2H3. The number of aryl methyl sites for hydroxylation is 1. The Hall–Kier alpha value is -1.06. The smallest absolute Gasteiger partial charge is 0.109 e. The lowest BCUT2D eigenvalue weighted by atomic mass is 10.1. The number of nitrogens with zero attached hydrogens (tertiary/aromatic N) is 2. The lowest BCUT2D eigenvalue weighted by Crippen LogP contribution is -2.15. The molecular weight excluding hydrogens is 222 g/mol. The molecule has 1 atom stereocenters. The highest BCUT2D eigenvalue weighted by Crippen LogP contribution is 2.20. The molecule has 0 aliphatic heterocycles. The Morgan fingerprint density at radius 2 is 2.25 bits per heavy atom. The molecule has 86 valence electrons. The van der Waals surface area contributed by atoms with Crippen LogP contribution in [0.3, 0.4) is 0 Å². The molecule has 0 fully saturated rings. The number of rotatable bonds is 3. The molecule has 0 bridgehead atoms. The predicted molar refractivity (Wildman–Crippen MR) is 67.6 cm³/mol. The van der Waals surface area contributed by atoms with Crippen LogP contribution in [0.4, 0.5) is 0 Å². The molecule has 0 aliphatic rings. The second-order valence-electron chi connectivity index (χ2n) is 4.27. The number of nitrogens with two attached hydrogens (primary N) is 1. The largest absolute Gasteiger partial charge is 0.331 e. The first-order valence-corrected chi connectivity index (χ1v) is 5.80. The summed E-state index contributed by atoms with van der Waals surface area (Å²) in [6.45, 7) is 2.82. The molecule has 1 aromatic carbocycles. The van der Waals surface area contributed by atoms with Crippen LogP contribution in [0, 0.1) is 5.92 Å². The van der Waals surface area contributed by atoms with Gasteiger partial charge in [0.25, 0.3) is 0 Å². The monoisotopic (exact) mass is 237 g/mol. The quantitative estimate of drug-likeness (QED) is 0.891. The van der Waals surface area contributed by atoms with Crippen molar-refractivity contribution in [1.29, 1.82) is 0 Å². The Bertz CT molecular complexity index is 504. The molecule has 0 spiro atoms. The summed E-state index contributed by atoms with van der Waals surface area (Å²) < 4.78 is 2.09. The SMILES string of the molecule is CC(CN)Cc1nc2ccc(Cl)cc2n1C. The molecule has 16 heavy (non-hydrogen) atoms. The van der Waals surface area contributed by atoms with E-state index in [1.54, 1.807) is 0 Å². The summed E-state index contributed by atoms with van der Waals surface area (Å²) in [6.07, 6.45) is 0.902. The molecule has 0 saturated carbocycles. The highest BCUT2D eigenvalue weighted by atomic mass is 35.5. The van der Waals surface area contributed by atoms with E-state index in [2.05, 4.69) is 16.5 Å². The first kappa shape index (κ1) is 11.4. The topological polar surface area (TPSA) is 43.8 Å². The molecule has 2 aromatic rings. The first-order valence-electron chi connectivity index (χ1n) is 5.42. The summed E-state index contributed by atoms with van der Waals surface area (Å²) in [5.74, 6) is 1.52. The predicted octanol–water partition coefficient (Wildman–Crippen LogP) is 2.36. The van der Waals surface area contributed by atoms with E-state index in [1.165, 1.54) is 0 Å². The summed E-state index contributed by atoms with van der Waals surface area (Å²) >= 11 is 5.97. The number of hydrogen-bond acceptors (Lipinski definition) is 2. The zero-order chi connectivity index (χ0) is 11.7. The van der Waals surface area contributed by atoms with Crippen LogP contribution in [0.15, 0.2) is 18.2 Å². The van der Waals surface area contributed by atoms with Gasteiger partial charge in [-0.2, -0.15) is 0 Å². The molecule has 2 N–H and O–H groups in total. The fourth-order valence-electron chi connectivity index (χ4n) is 1.79. The Morgan fingerprint density at radius 3 is 2.94 bits per heavy atom. The summed E-state index contributed by atoms with van der Waals surface area (Å²) in [5, 5.41) is 0.744. The third-order valence-corrected chi connectivity index (χ3v) is 3.10. The molecular formula is C12H16ClN3. The van der Waals surface area contributed by atoms with Crippen LogP contribution in [0.1, 0.15) is 12.7 Å². The van der Waals surface area contributed by atoms with Crippen molar-refractivity contribution in [2.45, 2.75) is 13.3 Å². The molecule has 1 unspecified atom stereocenters. The number of benzene rings is 1. The van der Waals surface area contributed by atoms with E-state index in [-0.39, 0.29) is 0 Å².